The highest BCUT2D eigenvalue weighted by Gasteiger charge is 2.37. The molecule has 0 radical (unpaired) electrons. The number of para-hydroxylation sites is 1. The van der Waals surface area contributed by atoms with Gasteiger partial charge in [0.15, 0.2) is 6.10 Å². The van der Waals surface area contributed by atoms with Gasteiger partial charge in [-0.15, -0.1) is 0 Å². The summed E-state index contributed by atoms with van der Waals surface area (Å²) in [6.45, 7) is -1.21. The molecular formula is C11H11Cl2F3N2O2. The first-order valence-corrected chi connectivity index (χ1v) is 6.16. The van der Waals surface area contributed by atoms with E-state index in [1.807, 2.05) is 0 Å². The molecule has 1 aromatic carbocycles. The van der Waals surface area contributed by atoms with E-state index in [4.69, 9.17) is 28.3 Å². The third-order valence-corrected chi connectivity index (χ3v) is 2.86. The van der Waals surface area contributed by atoms with Crippen molar-refractivity contribution in [2.75, 3.05) is 18.4 Å². The third-order valence-electron chi connectivity index (χ3n) is 2.23. The summed E-state index contributed by atoms with van der Waals surface area (Å²) in [5, 5.41) is 13.7. The number of hydrogen-bond donors (Lipinski definition) is 3. The second-order valence-electron chi connectivity index (χ2n) is 3.83. The molecule has 0 bridgehead atoms. The molecule has 112 valence electrons. The number of rotatable bonds is 5. The van der Waals surface area contributed by atoms with Crippen molar-refractivity contribution >= 4 is 34.8 Å². The number of amides is 1. The predicted molar refractivity (Wildman–Crippen MR) is 70.0 cm³/mol. The van der Waals surface area contributed by atoms with Crippen LogP contribution >= 0.6 is 23.2 Å². The molecule has 0 aliphatic carbocycles. The lowest BCUT2D eigenvalue weighted by Crippen LogP contribution is -2.41. The average molecular weight is 331 g/mol. The van der Waals surface area contributed by atoms with Gasteiger partial charge in [0.2, 0.25) is 5.91 Å². The van der Waals surface area contributed by atoms with Crippen LogP contribution in [0.25, 0.3) is 0 Å². The van der Waals surface area contributed by atoms with Gasteiger partial charge in [-0.05, 0) is 12.1 Å². The molecule has 0 aliphatic rings. The van der Waals surface area contributed by atoms with Gasteiger partial charge < -0.3 is 15.7 Å². The highest BCUT2D eigenvalue weighted by molar-refractivity contribution is 6.39. The molecule has 20 heavy (non-hydrogen) atoms. The Morgan fingerprint density at radius 2 is 1.85 bits per heavy atom. The number of carbonyl (C=O) groups is 1. The first kappa shape index (κ1) is 17.0. The number of aliphatic hydroxyl groups excluding tert-OH is 1. The van der Waals surface area contributed by atoms with E-state index in [0.29, 0.717) is 0 Å². The topological polar surface area (TPSA) is 61.4 Å². The molecule has 0 spiro atoms. The summed E-state index contributed by atoms with van der Waals surface area (Å²) in [6.07, 6.45) is -7.26. The standard InChI is InChI=1S/C11H11Cl2F3N2O2/c12-6-2-1-3-7(13)10(6)18-9(20)5-17-4-8(19)11(14,15)16/h1-3,8,17,19H,4-5H2,(H,18,20). The lowest BCUT2D eigenvalue weighted by molar-refractivity contribution is -0.201. The van der Waals surface area contributed by atoms with Crippen LogP contribution in [0.2, 0.25) is 10.0 Å². The zero-order valence-corrected chi connectivity index (χ0v) is 11.5. The number of aliphatic hydroxyl groups is 1. The van der Waals surface area contributed by atoms with E-state index in [0.717, 1.165) is 0 Å². The summed E-state index contributed by atoms with van der Waals surface area (Å²) in [5.41, 5.74) is 0.180. The number of anilines is 1. The number of carbonyl (C=O) groups excluding carboxylic acids is 1. The first-order chi connectivity index (χ1) is 9.21. The van der Waals surface area contributed by atoms with E-state index in [1.165, 1.54) is 12.1 Å². The first-order valence-electron chi connectivity index (χ1n) is 5.41. The van der Waals surface area contributed by atoms with E-state index in [-0.39, 0.29) is 15.7 Å². The Bertz CT molecular complexity index is 463. The van der Waals surface area contributed by atoms with Gasteiger partial charge in [0.1, 0.15) is 0 Å². The zero-order valence-electron chi connectivity index (χ0n) is 9.97. The minimum absolute atomic E-state index is 0.180. The highest BCUT2D eigenvalue weighted by atomic mass is 35.5. The lowest BCUT2D eigenvalue weighted by atomic mass is 10.3. The summed E-state index contributed by atoms with van der Waals surface area (Å²) in [6, 6.07) is 4.59. The van der Waals surface area contributed by atoms with Crippen LogP contribution in [0, 0.1) is 0 Å². The maximum absolute atomic E-state index is 12.0. The Balaban J connectivity index is 2.45. The Morgan fingerprint density at radius 1 is 1.30 bits per heavy atom. The van der Waals surface area contributed by atoms with Crippen LogP contribution in [0.1, 0.15) is 0 Å². The van der Waals surface area contributed by atoms with Crippen LogP contribution in [-0.4, -0.2) is 36.4 Å². The predicted octanol–water partition coefficient (Wildman–Crippen LogP) is 2.44. The summed E-state index contributed by atoms with van der Waals surface area (Å²) < 4.78 is 36.0. The van der Waals surface area contributed by atoms with Gasteiger partial charge in [-0.25, -0.2) is 0 Å². The summed E-state index contributed by atoms with van der Waals surface area (Å²) in [7, 11) is 0. The molecule has 1 unspecified atom stereocenters. The lowest BCUT2D eigenvalue weighted by Gasteiger charge is -2.15. The smallest absolute Gasteiger partial charge is 0.382 e. The van der Waals surface area contributed by atoms with Crippen molar-refractivity contribution in [3.63, 3.8) is 0 Å². The zero-order chi connectivity index (χ0) is 15.3. The second-order valence-corrected chi connectivity index (χ2v) is 4.65. The molecule has 3 N–H and O–H groups in total. The SMILES string of the molecule is O=C(CNCC(O)C(F)(F)F)Nc1c(Cl)cccc1Cl. The van der Waals surface area contributed by atoms with Gasteiger partial charge in [-0.3, -0.25) is 4.79 Å². The summed E-state index contributed by atoms with van der Waals surface area (Å²) in [4.78, 5) is 11.5. The van der Waals surface area contributed by atoms with Crippen LogP contribution in [0.3, 0.4) is 0 Å². The van der Waals surface area contributed by atoms with Crippen LogP contribution in [0.5, 0.6) is 0 Å². The van der Waals surface area contributed by atoms with E-state index < -0.39 is 31.3 Å². The van der Waals surface area contributed by atoms with Gasteiger partial charge in [0.25, 0.3) is 0 Å². The fourth-order valence-electron chi connectivity index (χ4n) is 1.24. The number of nitrogens with one attached hydrogen (secondary N) is 2. The molecule has 0 heterocycles. The molecule has 1 rings (SSSR count). The Labute approximate surface area is 122 Å². The van der Waals surface area contributed by atoms with Crippen molar-refractivity contribution in [3.05, 3.63) is 28.2 Å². The maximum Gasteiger partial charge on any atom is 0.415 e. The van der Waals surface area contributed by atoms with E-state index in [1.54, 1.807) is 6.07 Å². The van der Waals surface area contributed by atoms with Crippen molar-refractivity contribution in [2.24, 2.45) is 0 Å². The minimum atomic E-state index is -4.73. The molecular weight excluding hydrogens is 320 g/mol. The minimum Gasteiger partial charge on any atom is -0.382 e. The maximum atomic E-state index is 12.0. The molecule has 0 saturated carbocycles. The highest BCUT2D eigenvalue weighted by Crippen LogP contribution is 2.29. The van der Waals surface area contributed by atoms with E-state index in [9.17, 15) is 18.0 Å². The van der Waals surface area contributed by atoms with E-state index >= 15 is 0 Å². The quantitative estimate of drug-likeness (QED) is 0.777. The van der Waals surface area contributed by atoms with E-state index in [2.05, 4.69) is 10.6 Å². The van der Waals surface area contributed by atoms with Crippen molar-refractivity contribution in [2.45, 2.75) is 12.3 Å². The molecule has 1 aromatic rings. The third kappa shape index (κ3) is 5.16. The van der Waals surface area contributed by atoms with Crippen molar-refractivity contribution in [3.8, 4) is 0 Å². The summed E-state index contributed by atoms with van der Waals surface area (Å²) in [5.74, 6) is -0.630. The van der Waals surface area contributed by atoms with Crippen LogP contribution < -0.4 is 10.6 Å². The van der Waals surface area contributed by atoms with Crippen LogP contribution in [0.4, 0.5) is 18.9 Å². The van der Waals surface area contributed by atoms with Crippen LogP contribution in [-0.2, 0) is 4.79 Å². The van der Waals surface area contributed by atoms with Gasteiger partial charge >= 0.3 is 6.18 Å². The molecule has 9 heteroatoms. The van der Waals surface area contributed by atoms with Gasteiger partial charge in [0, 0.05) is 6.54 Å². The number of benzene rings is 1. The van der Waals surface area contributed by atoms with Gasteiger partial charge in [-0.2, -0.15) is 13.2 Å². The summed E-state index contributed by atoms with van der Waals surface area (Å²) >= 11 is 11.6. The average Bonchev–Trinajstić information content (AvgIpc) is 2.32. The normalized spacial score (nSPS) is 13.1. The molecule has 1 amide bonds. The molecule has 4 nitrogen and oxygen atoms in total. The molecule has 0 fully saturated rings. The Morgan fingerprint density at radius 3 is 2.35 bits per heavy atom. The second kappa shape index (κ2) is 7.12. The molecule has 0 aliphatic heterocycles. The Hall–Kier alpha value is -1.02. The fourth-order valence-corrected chi connectivity index (χ4v) is 1.73. The molecule has 0 saturated heterocycles. The monoisotopic (exact) mass is 330 g/mol. The number of hydrogen-bond acceptors (Lipinski definition) is 3. The molecule has 0 aromatic heterocycles. The Kier molecular flexibility index (Phi) is 6.07. The number of halogens is 5. The van der Waals surface area contributed by atoms with Crippen molar-refractivity contribution < 1.29 is 23.1 Å². The largest absolute Gasteiger partial charge is 0.415 e. The molecule has 1 atom stereocenters. The van der Waals surface area contributed by atoms with Crippen LogP contribution in [0.15, 0.2) is 18.2 Å². The fraction of sp³-hybridized carbons (Fsp3) is 0.364. The van der Waals surface area contributed by atoms with Crippen molar-refractivity contribution in [1.29, 1.82) is 0 Å². The van der Waals surface area contributed by atoms with Crippen molar-refractivity contribution in [1.82, 2.24) is 5.32 Å². The van der Waals surface area contributed by atoms with Gasteiger partial charge in [0.05, 0.1) is 22.3 Å². The number of alkyl halides is 3. The van der Waals surface area contributed by atoms with Gasteiger partial charge in [-0.1, -0.05) is 29.3 Å².